The van der Waals surface area contributed by atoms with Crippen molar-refractivity contribution in [2.75, 3.05) is 12.5 Å². The lowest BCUT2D eigenvalue weighted by Crippen LogP contribution is -2.35. The summed E-state index contributed by atoms with van der Waals surface area (Å²) in [6.07, 6.45) is 0. The van der Waals surface area contributed by atoms with Crippen molar-refractivity contribution in [2.24, 2.45) is 0 Å². The normalized spacial score (nSPS) is 13.1. The van der Waals surface area contributed by atoms with Crippen LogP contribution in [0.4, 0.5) is 0 Å². The molecule has 2 aromatic rings. The number of halogens is 1. The zero-order valence-corrected chi connectivity index (χ0v) is 14.0. The molecule has 0 N–H and O–H groups in total. The fraction of sp³-hybridized carbons (Fsp3) is 0.118. The number of imide groups is 1. The molecule has 1 aliphatic rings. The topological polar surface area (TPSA) is 63.7 Å². The van der Waals surface area contributed by atoms with E-state index in [1.54, 1.807) is 36.4 Å². The van der Waals surface area contributed by atoms with Crippen molar-refractivity contribution in [2.45, 2.75) is 4.90 Å². The lowest BCUT2D eigenvalue weighted by molar-refractivity contribution is -0.141. The SMILES string of the molecule is O=C(CN1C(=O)c2ccccc2C1=O)OCSc1ccc(Cl)cc1. The predicted octanol–water partition coefficient (Wildman–Crippen LogP) is 3.23. The van der Waals surface area contributed by atoms with Gasteiger partial charge in [-0.3, -0.25) is 19.3 Å². The van der Waals surface area contributed by atoms with E-state index in [1.165, 1.54) is 11.8 Å². The minimum absolute atomic E-state index is 0.0869. The summed E-state index contributed by atoms with van der Waals surface area (Å²) in [6, 6.07) is 13.6. The van der Waals surface area contributed by atoms with Crippen LogP contribution in [0.3, 0.4) is 0 Å². The number of hydrogen-bond donors (Lipinski definition) is 0. The summed E-state index contributed by atoms with van der Waals surface area (Å²) in [6.45, 7) is -0.395. The van der Waals surface area contributed by atoms with Crippen molar-refractivity contribution >= 4 is 41.1 Å². The first-order valence-corrected chi connectivity index (χ1v) is 8.42. The molecule has 0 aliphatic carbocycles. The Morgan fingerprint density at radius 3 is 2.17 bits per heavy atom. The van der Waals surface area contributed by atoms with Crippen LogP contribution in [0.5, 0.6) is 0 Å². The largest absolute Gasteiger partial charge is 0.453 e. The summed E-state index contributed by atoms with van der Waals surface area (Å²) in [5.41, 5.74) is 0.622. The lowest BCUT2D eigenvalue weighted by Gasteiger charge is -2.12. The van der Waals surface area contributed by atoms with Crippen molar-refractivity contribution in [1.82, 2.24) is 4.90 Å². The lowest BCUT2D eigenvalue weighted by atomic mass is 10.1. The Hall–Kier alpha value is -2.31. The molecule has 0 fully saturated rings. The van der Waals surface area contributed by atoms with Gasteiger partial charge in [0.2, 0.25) is 0 Å². The molecule has 24 heavy (non-hydrogen) atoms. The van der Waals surface area contributed by atoms with Gasteiger partial charge >= 0.3 is 5.97 Å². The summed E-state index contributed by atoms with van der Waals surface area (Å²) in [4.78, 5) is 38.0. The smallest absolute Gasteiger partial charge is 0.327 e. The molecule has 0 atom stereocenters. The Labute approximate surface area is 147 Å². The van der Waals surface area contributed by atoms with Crippen LogP contribution in [0, 0.1) is 0 Å². The van der Waals surface area contributed by atoms with E-state index in [2.05, 4.69) is 0 Å². The molecule has 3 rings (SSSR count). The molecular weight excluding hydrogens is 350 g/mol. The van der Waals surface area contributed by atoms with Gasteiger partial charge in [0.15, 0.2) is 0 Å². The van der Waals surface area contributed by atoms with Crippen LogP contribution in [-0.2, 0) is 9.53 Å². The molecule has 0 spiro atoms. The molecule has 7 heteroatoms. The van der Waals surface area contributed by atoms with Gasteiger partial charge in [0, 0.05) is 9.92 Å². The van der Waals surface area contributed by atoms with E-state index in [0.717, 1.165) is 9.80 Å². The number of benzene rings is 2. The minimum atomic E-state index is -0.633. The summed E-state index contributed by atoms with van der Waals surface area (Å²) in [5.74, 6) is -1.49. The first-order chi connectivity index (χ1) is 11.6. The number of carbonyl (C=O) groups excluding carboxylic acids is 3. The maximum absolute atomic E-state index is 12.1. The van der Waals surface area contributed by atoms with E-state index < -0.39 is 24.3 Å². The van der Waals surface area contributed by atoms with Crippen molar-refractivity contribution in [3.8, 4) is 0 Å². The molecule has 5 nitrogen and oxygen atoms in total. The van der Waals surface area contributed by atoms with Gasteiger partial charge < -0.3 is 4.74 Å². The number of carbonyl (C=O) groups is 3. The van der Waals surface area contributed by atoms with Gasteiger partial charge in [0.25, 0.3) is 11.8 Å². The Kier molecular flexibility index (Phi) is 4.87. The summed E-state index contributed by atoms with van der Waals surface area (Å²) in [5, 5.41) is 0.627. The third-order valence-electron chi connectivity index (χ3n) is 3.42. The van der Waals surface area contributed by atoms with Gasteiger partial charge in [-0.25, -0.2) is 0 Å². The fourth-order valence-electron chi connectivity index (χ4n) is 2.25. The van der Waals surface area contributed by atoms with E-state index >= 15 is 0 Å². The second-order valence-electron chi connectivity index (χ2n) is 4.97. The summed E-state index contributed by atoms with van der Waals surface area (Å²) in [7, 11) is 0. The second-order valence-corrected chi connectivity index (χ2v) is 6.41. The molecule has 0 saturated carbocycles. The second kappa shape index (κ2) is 7.07. The average Bonchev–Trinajstić information content (AvgIpc) is 2.82. The third-order valence-corrected chi connectivity index (χ3v) is 4.52. The highest BCUT2D eigenvalue weighted by molar-refractivity contribution is 7.99. The number of hydrogen-bond acceptors (Lipinski definition) is 5. The van der Waals surface area contributed by atoms with E-state index in [1.807, 2.05) is 12.1 Å². The third kappa shape index (κ3) is 3.44. The number of esters is 1. The van der Waals surface area contributed by atoms with Gasteiger partial charge in [0.05, 0.1) is 11.1 Å². The van der Waals surface area contributed by atoms with Crippen molar-refractivity contribution < 1.29 is 19.1 Å². The van der Waals surface area contributed by atoms with E-state index in [-0.39, 0.29) is 5.94 Å². The van der Waals surface area contributed by atoms with Gasteiger partial charge in [-0.15, -0.1) is 0 Å². The quantitative estimate of drug-likeness (QED) is 0.354. The number of rotatable bonds is 5. The van der Waals surface area contributed by atoms with Crippen molar-refractivity contribution in [3.05, 3.63) is 64.7 Å². The Morgan fingerprint density at radius 2 is 1.58 bits per heavy atom. The van der Waals surface area contributed by atoms with E-state index in [4.69, 9.17) is 16.3 Å². The molecule has 0 unspecified atom stereocenters. The highest BCUT2D eigenvalue weighted by Gasteiger charge is 2.36. The molecule has 122 valence electrons. The predicted molar refractivity (Wildman–Crippen MR) is 90.1 cm³/mol. The molecule has 0 aromatic heterocycles. The van der Waals surface area contributed by atoms with Crippen LogP contribution in [-0.4, -0.2) is 35.2 Å². The Morgan fingerprint density at radius 1 is 1.00 bits per heavy atom. The number of ether oxygens (including phenoxy) is 1. The van der Waals surface area contributed by atoms with Crippen molar-refractivity contribution in [3.63, 3.8) is 0 Å². The van der Waals surface area contributed by atoms with Gasteiger partial charge in [0.1, 0.15) is 12.5 Å². The summed E-state index contributed by atoms with van der Waals surface area (Å²) >= 11 is 7.11. The Bertz CT molecular complexity index is 771. The van der Waals surface area contributed by atoms with Gasteiger partial charge in [-0.1, -0.05) is 35.5 Å². The number of fused-ring (bicyclic) bond motifs is 1. The Balaban J connectivity index is 1.53. The molecule has 0 radical (unpaired) electrons. The van der Waals surface area contributed by atoms with Crippen LogP contribution < -0.4 is 0 Å². The molecule has 2 aromatic carbocycles. The fourth-order valence-corrected chi connectivity index (χ4v) is 3.03. The highest BCUT2D eigenvalue weighted by atomic mass is 35.5. The average molecular weight is 362 g/mol. The van der Waals surface area contributed by atoms with Crippen LogP contribution in [0.1, 0.15) is 20.7 Å². The van der Waals surface area contributed by atoms with Crippen LogP contribution >= 0.6 is 23.4 Å². The highest BCUT2D eigenvalue weighted by Crippen LogP contribution is 2.23. The zero-order chi connectivity index (χ0) is 17.1. The van der Waals surface area contributed by atoms with E-state index in [9.17, 15) is 14.4 Å². The maximum atomic E-state index is 12.1. The molecule has 1 heterocycles. The molecule has 1 aliphatic heterocycles. The van der Waals surface area contributed by atoms with Crippen LogP contribution in [0.25, 0.3) is 0 Å². The molecular formula is C17H12ClNO4S. The standard InChI is InChI=1S/C17H12ClNO4S/c18-11-5-7-12(8-6-11)24-10-23-15(20)9-19-16(21)13-3-1-2-4-14(13)17(19)22/h1-8H,9-10H2. The summed E-state index contributed by atoms with van der Waals surface area (Å²) < 4.78 is 5.08. The van der Waals surface area contributed by atoms with Crippen molar-refractivity contribution in [1.29, 1.82) is 0 Å². The van der Waals surface area contributed by atoms with E-state index in [0.29, 0.717) is 16.1 Å². The van der Waals surface area contributed by atoms with Crippen LogP contribution in [0.2, 0.25) is 5.02 Å². The number of amides is 2. The van der Waals surface area contributed by atoms with Gasteiger partial charge in [-0.05, 0) is 36.4 Å². The molecule has 0 saturated heterocycles. The zero-order valence-electron chi connectivity index (χ0n) is 12.4. The first kappa shape index (κ1) is 16.5. The monoisotopic (exact) mass is 361 g/mol. The number of nitrogens with zero attached hydrogens (tertiary/aromatic N) is 1. The molecule has 0 bridgehead atoms. The molecule has 2 amide bonds. The van der Waals surface area contributed by atoms with Crippen LogP contribution in [0.15, 0.2) is 53.4 Å². The first-order valence-electron chi connectivity index (χ1n) is 7.05. The van der Waals surface area contributed by atoms with Gasteiger partial charge in [-0.2, -0.15) is 0 Å². The maximum Gasteiger partial charge on any atom is 0.327 e. The minimum Gasteiger partial charge on any atom is -0.453 e. The number of thioether (sulfide) groups is 1.